The number of hydrogen-bond donors (Lipinski definition) is 2. The number of nitrogens with one attached hydrogen (secondary N) is 2. The number of amides is 2. The zero-order chi connectivity index (χ0) is 20.1. The number of hydrogen-bond acceptors (Lipinski definition) is 3. The van der Waals surface area contributed by atoms with Crippen molar-refractivity contribution in [3.8, 4) is 11.1 Å². The summed E-state index contributed by atoms with van der Waals surface area (Å²) < 4.78 is 0. The van der Waals surface area contributed by atoms with Crippen LogP contribution < -0.4 is 10.6 Å². The number of carbonyl (C=O) groups is 1. The van der Waals surface area contributed by atoms with Crippen molar-refractivity contribution in [3.05, 3.63) is 54.4 Å². The maximum atomic E-state index is 12.5. The molecule has 1 aromatic heterocycles. The number of benzene rings is 1. The molecule has 2 fully saturated rings. The largest absolute Gasteiger partial charge is 0.334 e. The van der Waals surface area contributed by atoms with Crippen LogP contribution in [-0.4, -0.2) is 41.1 Å². The van der Waals surface area contributed by atoms with Gasteiger partial charge in [0.25, 0.3) is 0 Å². The van der Waals surface area contributed by atoms with E-state index in [0.717, 1.165) is 42.2 Å². The molecule has 0 radical (unpaired) electrons. The van der Waals surface area contributed by atoms with Crippen LogP contribution in [0.5, 0.6) is 0 Å². The standard InChI is InChI=1S/C24H32N4O/c1-18(19-7-9-20(10-8-19)21-11-14-25-15-12-21)26-24(29)27-22-13-16-28(17-22)23-5-3-2-4-6-23/h7-12,14-15,18,22-23H,2-6,13,16-17H2,1H3,(H2,26,27,29). The lowest BCUT2D eigenvalue weighted by molar-refractivity contribution is 0.186. The third kappa shape index (κ3) is 5.15. The Morgan fingerprint density at radius 3 is 2.41 bits per heavy atom. The predicted octanol–water partition coefficient (Wildman–Crippen LogP) is 4.52. The molecule has 1 aromatic carbocycles. The van der Waals surface area contributed by atoms with Crippen LogP contribution in [0.1, 0.15) is 57.1 Å². The first-order valence-corrected chi connectivity index (χ1v) is 11.0. The Kier molecular flexibility index (Phi) is 6.45. The first-order valence-electron chi connectivity index (χ1n) is 11.0. The minimum absolute atomic E-state index is 0.0302. The number of pyridine rings is 1. The molecule has 2 unspecified atom stereocenters. The second-order valence-corrected chi connectivity index (χ2v) is 8.47. The average molecular weight is 393 g/mol. The molecule has 0 spiro atoms. The molecule has 2 atom stereocenters. The molecule has 1 saturated carbocycles. The van der Waals surface area contributed by atoms with Crippen molar-refractivity contribution in [3.63, 3.8) is 0 Å². The van der Waals surface area contributed by atoms with Gasteiger partial charge >= 0.3 is 6.03 Å². The average Bonchev–Trinajstić information content (AvgIpc) is 3.23. The van der Waals surface area contributed by atoms with Gasteiger partial charge in [-0.05, 0) is 55.0 Å². The summed E-state index contributed by atoms with van der Waals surface area (Å²) in [6, 6.07) is 13.3. The quantitative estimate of drug-likeness (QED) is 0.787. The topological polar surface area (TPSA) is 57.3 Å². The van der Waals surface area contributed by atoms with E-state index in [1.807, 2.05) is 19.1 Å². The second-order valence-electron chi connectivity index (χ2n) is 8.47. The summed E-state index contributed by atoms with van der Waals surface area (Å²) in [5, 5.41) is 6.29. The van der Waals surface area contributed by atoms with Gasteiger partial charge in [-0.2, -0.15) is 0 Å². The summed E-state index contributed by atoms with van der Waals surface area (Å²) in [7, 11) is 0. The zero-order valence-electron chi connectivity index (χ0n) is 17.3. The van der Waals surface area contributed by atoms with Crippen molar-refractivity contribution < 1.29 is 4.79 Å². The predicted molar refractivity (Wildman–Crippen MR) is 117 cm³/mol. The van der Waals surface area contributed by atoms with Crippen LogP contribution in [0.3, 0.4) is 0 Å². The summed E-state index contributed by atoms with van der Waals surface area (Å²) in [5.41, 5.74) is 3.41. The van der Waals surface area contributed by atoms with Crippen LogP contribution in [0.15, 0.2) is 48.8 Å². The molecule has 2 heterocycles. The third-order valence-electron chi connectivity index (χ3n) is 6.42. The van der Waals surface area contributed by atoms with Crippen molar-refractivity contribution in [2.45, 2.75) is 63.6 Å². The lowest BCUT2D eigenvalue weighted by atomic mass is 9.94. The van der Waals surface area contributed by atoms with E-state index in [4.69, 9.17) is 0 Å². The number of likely N-dealkylation sites (tertiary alicyclic amines) is 1. The number of nitrogens with zero attached hydrogens (tertiary/aromatic N) is 2. The van der Waals surface area contributed by atoms with Gasteiger partial charge in [-0.15, -0.1) is 0 Å². The summed E-state index contributed by atoms with van der Waals surface area (Å²) >= 11 is 0. The monoisotopic (exact) mass is 392 g/mol. The second kappa shape index (κ2) is 9.40. The molecular formula is C24H32N4O. The Morgan fingerprint density at radius 1 is 1.00 bits per heavy atom. The molecule has 4 rings (SSSR count). The molecule has 5 nitrogen and oxygen atoms in total. The van der Waals surface area contributed by atoms with Gasteiger partial charge in [0, 0.05) is 37.6 Å². The lowest BCUT2D eigenvalue weighted by Crippen LogP contribution is -2.45. The highest BCUT2D eigenvalue weighted by Crippen LogP contribution is 2.26. The van der Waals surface area contributed by atoms with E-state index in [2.05, 4.69) is 44.8 Å². The highest BCUT2D eigenvalue weighted by molar-refractivity contribution is 5.75. The van der Waals surface area contributed by atoms with E-state index < -0.39 is 0 Å². The molecule has 1 saturated heterocycles. The van der Waals surface area contributed by atoms with E-state index in [1.54, 1.807) is 12.4 Å². The first kappa shape index (κ1) is 19.9. The minimum atomic E-state index is -0.0637. The van der Waals surface area contributed by atoms with Crippen molar-refractivity contribution >= 4 is 6.03 Å². The minimum Gasteiger partial charge on any atom is -0.334 e. The van der Waals surface area contributed by atoms with Gasteiger partial charge in [-0.1, -0.05) is 43.5 Å². The smallest absolute Gasteiger partial charge is 0.315 e. The van der Waals surface area contributed by atoms with Crippen LogP contribution in [0, 0.1) is 0 Å². The Hall–Kier alpha value is -2.40. The SMILES string of the molecule is CC(NC(=O)NC1CCN(C2CCCCC2)C1)c1ccc(-c2ccncc2)cc1. The van der Waals surface area contributed by atoms with Gasteiger partial charge in [0.15, 0.2) is 0 Å². The Labute approximate surface area is 173 Å². The summed E-state index contributed by atoms with van der Waals surface area (Å²) in [4.78, 5) is 19.2. The number of rotatable bonds is 5. The fourth-order valence-electron chi connectivity index (χ4n) is 4.70. The lowest BCUT2D eigenvalue weighted by Gasteiger charge is -2.31. The number of aromatic nitrogens is 1. The maximum Gasteiger partial charge on any atom is 0.315 e. The van der Waals surface area contributed by atoms with Crippen molar-refractivity contribution in [1.82, 2.24) is 20.5 Å². The van der Waals surface area contributed by atoms with Crippen molar-refractivity contribution in [2.24, 2.45) is 0 Å². The van der Waals surface area contributed by atoms with E-state index in [9.17, 15) is 4.79 Å². The Balaban J connectivity index is 1.26. The molecule has 5 heteroatoms. The molecule has 2 N–H and O–H groups in total. The number of urea groups is 1. The first-order chi connectivity index (χ1) is 14.2. The van der Waals surface area contributed by atoms with Gasteiger partial charge in [0.2, 0.25) is 0 Å². The molecule has 1 aliphatic heterocycles. The van der Waals surface area contributed by atoms with Crippen molar-refractivity contribution in [2.75, 3.05) is 13.1 Å². The molecule has 2 aliphatic rings. The van der Waals surface area contributed by atoms with Gasteiger partial charge in [-0.3, -0.25) is 9.88 Å². The molecule has 2 aromatic rings. The Morgan fingerprint density at radius 2 is 1.69 bits per heavy atom. The summed E-state index contributed by atoms with van der Waals surface area (Å²) in [6.45, 7) is 4.14. The molecule has 2 amide bonds. The molecule has 154 valence electrons. The summed E-state index contributed by atoms with van der Waals surface area (Å²) in [6.07, 6.45) is 11.4. The van der Waals surface area contributed by atoms with Gasteiger partial charge in [0.05, 0.1) is 6.04 Å². The van der Waals surface area contributed by atoms with E-state index in [0.29, 0.717) is 0 Å². The zero-order valence-corrected chi connectivity index (χ0v) is 17.3. The van der Waals surface area contributed by atoms with E-state index in [1.165, 1.54) is 32.1 Å². The Bertz CT molecular complexity index is 786. The molecular weight excluding hydrogens is 360 g/mol. The van der Waals surface area contributed by atoms with Gasteiger partial charge in [0.1, 0.15) is 0 Å². The third-order valence-corrected chi connectivity index (χ3v) is 6.42. The van der Waals surface area contributed by atoms with E-state index in [-0.39, 0.29) is 18.1 Å². The summed E-state index contributed by atoms with van der Waals surface area (Å²) in [5.74, 6) is 0. The number of carbonyl (C=O) groups excluding carboxylic acids is 1. The maximum absolute atomic E-state index is 12.5. The van der Waals surface area contributed by atoms with Crippen LogP contribution in [0.2, 0.25) is 0 Å². The highest BCUT2D eigenvalue weighted by Gasteiger charge is 2.29. The molecule has 0 bridgehead atoms. The fourth-order valence-corrected chi connectivity index (χ4v) is 4.70. The molecule has 29 heavy (non-hydrogen) atoms. The van der Waals surface area contributed by atoms with Crippen LogP contribution >= 0.6 is 0 Å². The van der Waals surface area contributed by atoms with Gasteiger partial charge < -0.3 is 10.6 Å². The normalized spacial score (nSPS) is 21.6. The molecule has 1 aliphatic carbocycles. The van der Waals surface area contributed by atoms with Crippen LogP contribution in [-0.2, 0) is 0 Å². The van der Waals surface area contributed by atoms with Crippen LogP contribution in [0.25, 0.3) is 11.1 Å². The highest BCUT2D eigenvalue weighted by atomic mass is 16.2. The van der Waals surface area contributed by atoms with Crippen LogP contribution in [0.4, 0.5) is 4.79 Å². The van der Waals surface area contributed by atoms with Crippen molar-refractivity contribution in [1.29, 1.82) is 0 Å². The van der Waals surface area contributed by atoms with E-state index >= 15 is 0 Å². The van der Waals surface area contributed by atoms with Gasteiger partial charge in [-0.25, -0.2) is 4.79 Å². The fraction of sp³-hybridized carbons (Fsp3) is 0.500.